The topological polar surface area (TPSA) is 128 Å². The molecule has 0 bridgehead atoms. The molecule has 0 radical (unpaired) electrons. The maximum atomic E-state index is 10.6. The largest absolute Gasteiger partial charge is 0.507 e. The van der Waals surface area contributed by atoms with Gasteiger partial charge in [0.05, 0.1) is 5.56 Å². The zero-order chi connectivity index (χ0) is 12.3. The molecule has 6 nitrogen and oxygen atoms in total. The van der Waals surface area contributed by atoms with E-state index in [-0.39, 0.29) is 16.9 Å². The van der Waals surface area contributed by atoms with Gasteiger partial charge < -0.3 is 21.1 Å². The Morgan fingerprint density at radius 3 is 2.50 bits per heavy atom. The minimum absolute atomic E-state index is 0.0320. The van der Waals surface area contributed by atoms with Crippen LogP contribution in [0.5, 0.6) is 5.75 Å². The smallest absolute Gasteiger partial charge is 0.249 e. The summed E-state index contributed by atoms with van der Waals surface area (Å²) in [6.45, 7) is 0. The molecule has 0 aromatic heterocycles. The summed E-state index contributed by atoms with van der Waals surface area (Å²) in [6, 6.07) is 5.40. The van der Waals surface area contributed by atoms with E-state index in [1.807, 2.05) is 0 Å². The molecule has 0 saturated heterocycles. The average Bonchev–Trinajstić information content (AvgIpc) is 2.26. The highest BCUT2D eigenvalue weighted by Crippen LogP contribution is 2.24. The second-order valence-electron chi connectivity index (χ2n) is 3.18. The predicted molar refractivity (Wildman–Crippen MR) is 53.0 cm³/mol. The molecule has 0 aliphatic rings. The molecular formula is C10H10N2O4. The zero-order valence-electron chi connectivity index (χ0n) is 8.16. The van der Waals surface area contributed by atoms with Gasteiger partial charge in [-0.3, -0.25) is 4.79 Å². The quantitative estimate of drug-likeness (QED) is 0.529. The van der Waals surface area contributed by atoms with Crippen molar-refractivity contribution < 1.29 is 20.1 Å². The van der Waals surface area contributed by atoms with Gasteiger partial charge in [-0.2, -0.15) is 5.26 Å². The summed E-state index contributed by atoms with van der Waals surface area (Å²) in [7, 11) is 0. The summed E-state index contributed by atoms with van der Waals surface area (Å²) >= 11 is 0. The van der Waals surface area contributed by atoms with Gasteiger partial charge in [-0.1, -0.05) is 6.07 Å². The second kappa shape index (κ2) is 4.61. The van der Waals surface area contributed by atoms with Crippen LogP contribution in [0.25, 0.3) is 0 Å². The van der Waals surface area contributed by atoms with E-state index < -0.39 is 18.1 Å². The highest BCUT2D eigenvalue weighted by Gasteiger charge is 2.23. The van der Waals surface area contributed by atoms with Crippen molar-refractivity contribution in [3.63, 3.8) is 0 Å². The molecule has 1 aromatic rings. The minimum Gasteiger partial charge on any atom is -0.507 e. The molecule has 1 rings (SSSR count). The van der Waals surface area contributed by atoms with Crippen LogP contribution in [0.3, 0.4) is 0 Å². The summed E-state index contributed by atoms with van der Waals surface area (Å²) in [6.07, 6.45) is -3.29. The first-order chi connectivity index (χ1) is 7.47. The van der Waals surface area contributed by atoms with E-state index in [0.717, 1.165) is 6.07 Å². The first kappa shape index (κ1) is 12.0. The lowest BCUT2D eigenvalue weighted by Gasteiger charge is -2.15. The third-order valence-corrected chi connectivity index (χ3v) is 2.07. The van der Waals surface area contributed by atoms with Gasteiger partial charge in [0, 0.05) is 0 Å². The number of carbonyl (C=O) groups excluding carboxylic acids is 1. The van der Waals surface area contributed by atoms with Crippen molar-refractivity contribution in [3.05, 3.63) is 29.3 Å². The van der Waals surface area contributed by atoms with Crippen molar-refractivity contribution in [1.29, 1.82) is 5.26 Å². The van der Waals surface area contributed by atoms with Crippen LogP contribution in [0.4, 0.5) is 0 Å². The van der Waals surface area contributed by atoms with Crippen LogP contribution in [0.2, 0.25) is 0 Å². The molecule has 16 heavy (non-hydrogen) atoms. The first-order valence-corrected chi connectivity index (χ1v) is 4.36. The van der Waals surface area contributed by atoms with E-state index in [1.54, 1.807) is 6.07 Å². The summed E-state index contributed by atoms with van der Waals surface area (Å²) in [5, 5.41) is 36.6. The number of carbonyl (C=O) groups is 1. The van der Waals surface area contributed by atoms with Gasteiger partial charge in [-0.15, -0.1) is 0 Å². The van der Waals surface area contributed by atoms with Crippen LogP contribution in [-0.4, -0.2) is 27.3 Å². The van der Waals surface area contributed by atoms with E-state index in [2.05, 4.69) is 0 Å². The number of amides is 1. The number of nitrogens with zero attached hydrogens (tertiary/aromatic N) is 1. The number of rotatable bonds is 3. The normalized spacial score (nSPS) is 13.8. The lowest BCUT2D eigenvalue weighted by atomic mass is 10.0. The molecule has 2 atom stereocenters. The molecule has 5 N–H and O–H groups in total. The molecule has 0 aliphatic carbocycles. The Morgan fingerprint density at radius 2 is 2.06 bits per heavy atom. The van der Waals surface area contributed by atoms with Crippen LogP contribution < -0.4 is 5.73 Å². The third kappa shape index (κ3) is 2.28. The van der Waals surface area contributed by atoms with Crippen LogP contribution in [0, 0.1) is 11.3 Å². The number of primary amides is 1. The molecular weight excluding hydrogens is 212 g/mol. The Labute approximate surface area is 91.2 Å². The fourth-order valence-electron chi connectivity index (χ4n) is 1.17. The van der Waals surface area contributed by atoms with E-state index in [9.17, 15) is 20.1 Å². The van der Waals surface area contributed by atoms with Crippen LogP contribution in [0.1, 0.15) is 17.2 Å². The Morgan fingerprint density at radius 1 is 1.44 bits per heavy atom. The van der Waals surface area contributed by atoms with Gasteiger partial charge in [0.15, 0.2) is 6.10 Å². The standard InChI is InChI=1S/C10H10N2O4/c11-4-6-2-1-5(3-7(6)13)8(14)9(15)10(12)16/h1-3,8-9,13-15H,(H2,12,16). The van der Waals surface area contributed by atoms with Crippen molar-refractivity contribution in [2.75, 3.05) is 0 Å². The third-order valence-electron chi connectivity index (χ3n) is 2.07. The molecule has 0 spiro atoms. The van der Waals surface area contributed by atoms with E-state index in [4.69, 9.17) is 11.0 Å². The minimum atomic E-state index is -1.76. The fourth-order valence-corrected chi connectivity index (χ4v) is 1.17. The zero-order valence-corrected chi connectivity index (χ0v) is 8.16. The van der Waals surface area contributed by atoms with Crippen LogP contribution in [0.15, 0.2) is 18.2 Å². The number of phenolic OH excluding ortho intramolecular Hbond substituents is 1. The van der Waals surface area contributed by atoms with Crippen molar-refractivity contribution in [3.8, 4) is 11.8 Å². The van der Waals surface area contributed by atoms with Crippen molar-refractivity contribution >= 4 is 5.91 Å². The summed E-state index contributed by atoms with van der Waals surface area (Å²) < 4.78 is 0. The van der Waals surface area contributed by atoms with Crippen LogP contribution >= 0.6 is 0 Å². The van der Waals surface area contributed by atoms with Gasteiger partial charge >= 0.3 is 0 Å². The number of benzene rings is 1. The molecule has 0 aliphatic heterocycles. The molecule has 2 unspecified atom stereocenters. The molecule has 84 valence electrons. The molecule has 0 heterocycles. The van der Waals surface area contributed by atoms with Gasteiger partial charge in [-0.25, -0.2) is 0 Å². The lowest BCUT2D eigenvalue weighted by Crippen LogP contribution is -2.33. The fraction of sp³-hybridized carbons (Fsp3) is 0.200. The maximum absolute atomic E-state index is 10.6. The summed E-state index contributed by atoms with van der Waals surface area (Å²) in [5.41, 5.74) is 4.94. The predicted octanol–water partition coefficient (Wildman–Crippen LogP) is -0.857. The molecule has 1 amide bonds. The van der Waals surface area contributed by atoms with E-state index in [1.165, 1.54) is 12.1 Å². The lowest BCUT2D eigenvalue weighted by molar-refractivity contribution is -0.131. The Bertz CT molecular complexity index is 453. The van der Waals surface area contributed by atoms with E-state index >= 15 is 0 Å². The number of aliphatic hydroxyl groups is 2. The molecule has 6 heteroatoms. The van der Waals surface area contributed by atoms with Crippen molar-refractivity contribution in [1.82, 2.24) is 0 Å². The Balaban J connectivity index is 3.02. The Kier molecular flexibility index (Phi) is 3.45. The number of phenols is 1. The molecule has 0 fully saturated rings. The number of hydrogen-bond acceptors (Lipinski definition) is 5. The van der Waals surface area contributed by atoms with Crippen LogP contribution in [-0.2, 0) is 4.79 Å². The SMILES string of the molecule is N#Cc1ccc(C(O)C(O)C(N)=O)cc1O. The highest BCUT2D eigenvalue weighted by molar-refractivity contribution is 5.79. The molecule has 0 saturated carbocycles. The number of nitriles is 1. The highest BCUT2D eigenvalue weighted by atomic mass is 16.3. The molecule has 1 aromatic carbocycles. The van der Waals surface area contributed by atoms with Gasteiger partial charge in [0.25, 0.3) is 0 Å². The second-order valence-corrected chi connectivity index (χ2v) is 3.18. The number of aliphatic hydroxyl groups excluding tert-OH is 2. The van der Waals surface area contributed by atoms with Crippen molar-refractivity contribution in [2.24, 2.45) is 5.73 Å². The number of hydrogen-bond donors (Lipinski definition) is 4. The van der Waals surface area contributed by atoms with Crippen molar-refractivity contribution in [2.45, 2.75) is 12.2 Å². The summed E-state index contributed by atoms with van der Waals surface area (Å²) in [4.78, 5) is 10.6. The summed E-state index contributed by atoms with van der Waals surface area (Å²) in [5.74, 6) is -1.41. The average molecular weight is 222 g/mol. The number of aromatic hydroxyl groups is 1. The first-order valence-electron chi connectivity index (χ1n) is 4.36. The Hall–Kier alpha value is -2.10. The monoisotopic (exact) mass is 222 g/mol. The van der Waals surface area contributed by atoms with Gasteiger partial charge in [-0.05, 0) is 17.7 Å². The van der Waals surface area contributed by atoms with Gasteiger partial charge in [0.1, 0.15) is 17.9 Å². The van der Waals surface area contributed by atoms with Gasteiger partial charge in [0.2, 0.25) is 5.91 Å². The maximum Gasteiger partial charge on any atom is 0.249 e. The number of nitrogens with two attached hydrogens (primary N) is 1. The van der Waals surface area contributed by atoms with E-state index in [0.29, 0.717) is 0 Å².